The van der Waals surface area contributed by atoms with Crippen LogP contribution in [0, 0.1) is 0 Å². The highest BCUT2D eigenvalue weighted by atomic mass is 35.5. The van der Waals surface area contributed by atoms with Crippen molar-refractivity contribution in [2.75, 3.05) is 19.7 Å². The van der Waals surface area contributed by atoms with E-state index in [9.17, 15) is 9.59 Å². The zero-order valence-corrected chi connectivity index (χ0v) is 12.4. The minimum Gasteiger partial charge on any atom is -0.450 e. The standard InChI is InChI=1S/C14H18ClN3O3/c1-2-21-14(20)18-10-9-17-13(19)16-8-7-11-3-5-12(15)6-4-11/h3-8H,2,9-10H2,1H3,(H,18,20)(H2,16,17,19)/b8-7+. The number of alkyl carbamates (subject to hydrolysis) is 1. The fraction of sp³-hybridized carbons (Fsp3) is 0.286. The molecule has 0 atom stereocenters. The lowest BCUT2D eigenvalue weighted by molar-refractivity contribution is 0.152. The summed E-state index contributed by atoms with van der Waals surface area (Å²) in [6.45, 7) is 2.64. The van der Waals surface area contributed by atoms with Gasteiger partial charge in [-0.3, -0.25) is 0 Å². The number of carbonyl (C=O) groups is 2. The van der Waals surface area contributed by atoms with Gasteiger partial charge in [0.25, 0.3) is 0 Å². The molecule has 0 saturated heterocycles. The van der Waals surface area contributed by atoms with Gasteiger partial charge in [-0.1, -0.05) is 23.7 Å². The van der Waals surface area contributed by atoms with Crippen LogP contribution in [-0.2, 0) is 4.74 Å². The largest absolute Gasteiger partial charge is 0.450 e. The van der Waals surface area contributed by atoms with Crippen molar-refractivity contribution < 1.29 is 14.3 Å². The first-order valence-corrected chi connectivity index (χ1v) is 6.86. The highest BCUT2D eigenvalue weighted by Gasteiger charge is 2.00. The maximum Gasteiger partial charge on any atom is 0.407 e. The number of hydrogen-bond acceptors (Lipinski definition) is 3. The van der Waals surface area contributed by atoms with Gasteiger partial charge in [0.05, 0.1) is 6.61 Å². The first kappa shape index (κ1) is 16.8. The van der Waals surface area contributed by atoms with Crippen molar-refractivity contribution in [1.29, 1.82) is 0 Å². The van der Waals surface area contributed by atoms with E-state index in [1.807, 2.05) is 12.1 Å². The molecule has 0 fully saturated rings. The Labute approximate surface area is 128 Å². The number of halogens is 1. The molecule has 0 bridgehead atoms. The molecule has 1 aromatic rings. The second-order valence-electron chi connectivity index (χ2n) is 3.93. The lowest BCUT2D eigenvalue weighted by atomic mass is 10.2. The third kappa shape index (κ3) is 7.84. The molecule has 7 heteroatoms. The van der Waals surface area contributed by atoms with E-state index in [1.54, 1.807) is 25.1 Å². The number of carbonyl (C=O) groups excluding carboxylic acids is 2. The number of nitrogens with one attached hydrogen (secondary N) is 3. The quantitative estimate of drug-likeness (QED) is 0.706. The molecule has 0 aliphatic rings. The molecular weight excluding hydrogens is 294 g/mol. The minimum atomic E-state index is -0.498. The van der Waals surface area contributed by atoms with Crippen molar-refractivity contribution in [3.8, 4) is 0 Å². The smallest absolute Gasteiger partial charge is 0.407 e. The summed E-state index contributed by atoms with van der Waals surface area (Å²) < 4.78 is 4.67. The Bertz CT molecular complexity index is 489. The molecule has 0 spiro atoms. The molecule has 3 N–H and O–H groups in total. The summed E-state index contributed by atoms with van der Waals surface area (Å²) in [7, 11) is 0. The first-order valence-electron chi connectivity index (χ1n) is 6.49. The van der Waals surface area contributed by atoms with Crippen molar-refractivity contribution >= 4 is 29.8 Å². The van der Waals surface area contributed by atoms with Crippen LogP contribution in [0.25, 0.3) is 6.08 Å². The van der Waals surface area contributed by atoms with Gasteiger partial charge in [-0.05, 0) is 30.7 Å². The summed E-state index contributed by atoms with van der Waals surface area (Å²) in [6, 6.07) is 6.85. The van der Waals surface area contributed by atoms with Gasteiger partial charge in [-0.2, -0.15) is 0 Å². The molecule has 6 nitrogen and oxygen atoms in total. The van der Waals surface area contributed by atoms with Gasteiger partial charge < -0.3 is 20.7 Å². The van der Waals surface area contributed by atoms with E-state index in [0.717, 1.165) is 5.56 Å². The van der Waals surface area contributed by atoms with E-state index in [4.69, 9.17) is 11.6 Å². The van der Waals surface area contributed by atoms with Crippen LogP contribution in [0.5, 0.6) is 0 Å². The lowest BCUT2D eigenvalue weighted by Gasteiger charge is -2.06. The van der Waals surface area contributed by atoms with Gasteiger partial charge in [-0.25, -0.2) is 9.59 Å². The van der Waals surface area contributed by atoms with Crippen LogP contribution < -0.4 is 16.0 Å². The molecule has 114 valence electrons. The predicted octanol–water partition coefficient (Wildman–Crippen LogP) is 2.36. The van der Waals surface area contributed by atoms with Crippen LogP contribution >= 0.6 is 11.6 Å². The van der Waals surface area contributed by atoms with Crippen molar-refractivity contribution in [3.05, 3.63) is 41.1 Å². The summed E-state index contributed by atoms with van der Waals surface area (Å²) in [4.78, 5) is 22.4. The van der Waals surface area contributed by atoms with Gasteiger partial charge in [0.15, 0.2) is 0 Å². The summed E-state index contributed by atoms with van der Waals surface area (Å²) in [5.41, 5.74) is 0.920. The van der Waals surface area contributed by atoms with E-state index in [0.29, 0.717) is 24.7 Å². The van der Waals surface area contributed by atoms with E-state index >= 15 is 0 Å². The molecule has 0 unspecified atom stereocenters. The molecule has 0 aliphatic carbocycles. The molecule has 0 aromatic heterocycles. The van der Waals surface area contributed by atoms with Gasteiger partial charge in [0.2, 0.25) is 0 Å². The molecule has 21 heavy (non-hydrogen) atoms. The zero-order chi connectivity index (χ0) is 15.5. The van der Waals surface area contributed by atoms with Crippen LogP contribution in [-0.4, -0.2) is 31.8 Å². The summed E-state index contributed by atoms with van der Waals surface area (Å²) in [6.07, 6.45) is 2.77. The van der Waals surface area contributed by atoms with E-state index in [2.05, 4.69) is 20.7 Å². The number of benzene rings is 1. The molecule has 0 heterocycles. The molecule has 1 aromatic carbocycles. The van der Waals surface area contributed by atoms with Crippen molar-refractivity contribution in [2.24, 2.45) is 0 Å². The van der Waals surface area contributed by atoms with Gasteiger partial charge in [0.1, 0.15) is 0 Å². The SMILES string of the molecule is CCOC(=O)NCCNC(=O)N/C=C/c1ccc(Cl)cc1. The van der Waals surface area contributed by atoms with E-state index in [1.165, 1.54) is 6.20 Å². The van der Waals surface area contributed by atoms with Gasteiger partial charge in [0, 0.05) is 24.3 Å². The average molecular weight is 312 g/mol. The van der Waals surface area contributed by atoms with Gasteiger partial charge >= 0.3 is 12.1 Å². The molecule has 0 saturated carbocycles. The monoisotopic (exact) mass is 311 g/mol. The third-order valence-electron chi connectivity index (χ3n) is 2.32. The maximum atomic E-state index is 11.4. The Kier molecular flexibility index (Phi) is 7.74. The fourth-order valence-corrected chi connectivity index (χ4v) is 1.49. The Morgan fingerprint density at radius 3 is 2.52 bits per heavy atom. The number of rotatable bonds is 6. The van der Waals surface area contributed by atoms with Crippen molar-refractivity contribution in [1.82, 2.24) is 16.0 Å². The van der Waals surface area contributed by atoms with Crippen LogP contribution in [0.15, 0.2) is 30.5 Å². The second kappa shape index (κ2) is 9.66. The molecular formula is C14H18ClN3O3. The molecule has 0 aliphatic heterocycles. The van der Waals surface area contributed by atoms with Gasteiger partial charge in [-0.15, -0.1) is 0 Å². The average Bonchev–Trinajstić information content (AvgIpc) is 2.46. The Morgan fingerprint density at radius 2 is 1.86 bits per heavy atom. The van der Waals surface area contributed by atoms with Crippen molar-refractivity contribution in [2.45, 2.75) is 6.92 Å². The van der Waals surface area contributed by atoms with Crippen molar-refractivity contribution in [3.63, 3.8) is 0 Å². The second-order valence-corrected chi connectivity index (χ2v) is 4.37. The highest BCUT2D eigenvalue weighted by Crippen LogP contribution is 2.10. The van der Waals surface area contributed by atoms with Crippen LogP contribution in [0.1, 0.15) is 12.5 Å². The van der Waals surface area contributed by atoms with Crippen LogP contribution in [0.2, 0.25) is 5.02 Å². The number of amides is 3. The highest BCUT2D eigenvalue weighted by molar-refractivity contribution is 6.30. The Morgan fingerprint density at radius 1 is 1.19 bits per heavy atom. The fourth-order valence-electron chi connectivity index (χ4n) is 1.36. The Balaban J connectivity index is 2.16. The van der Waals surface area contributed by atoms with E-state index in [-0.39, 0.29) is 6.03 Å². The minimum absolute atomic E-state index is 0.299. The van der Waals surface area contributed by atoms with E-state index < -0.39 is 6.09 Å². The topological polar surface area (TPSA) is 79.5 Å². The summed E-state index contributed by atoms with van der Waals surface area (Å²) in [5, 5.41) is 8.29. The number of urea groups is 1. The zero-order valence-electron chi connectivity index (χ0n) is 11.7. The number of ether oxygens (including phenoxy) is 1. The van der Waals surface area contributed by atoms with Crippen LogP contribution in [0.3, 0.4) is 0 Å². The predicted molar refractivity (Wildman–Crippen MR) is 82.0 cm³/mol. The number of hydrogen-bond donors (Lipinski definition) is 3. The summed E-state index contributed by atoms with van der Waals surface area (Å²) in [5.74, 6) is 0. The molecule has 0 radical (unpaired) electrons. The lowest BCUT2D eigenvalue weighted by Crippen LogP contribution is -2.38. The first-order chi connectivity index (χ1) is 10.1. The Hall–Kier alpha value is -2.21. The molecule has 1 rings (SSSR count). The van der Waals surface area contributed by atoms with Crippen LogP contribution in [0.4, 0.5) is 9.59 Å². The molecule has 3 amide bonds. The third-order valence-corrected chi connectivity index (χ3v) is 2.57. The normalized spacial score (nSPS) is 10.2. The summed E-state index contributed by atoms with van der Waals surface area (Å²) >= 11 is 5.77. The maximum absolute atomic E-state index is 11.4.